The average Bonchev–Trinajstić information content (AvgIpc) is 2.40. The Labute approximate surface area is 99.4 Å². The Bertz CT molecular complexity index is 407. The molecule has 0 fully saturated rings. The minimum Gasteiger partial charge on any atom is -0.496 e. The molecule has 0 aliphatic heterocycles. The van der Waals surface area contributed by atoms with Crippen LogP contribution in [0.1, 0.15) is 17.2 Å². The van der Waals surface area contributed by atoms with Gasteiger partial charge in [-0.3, -0.25) is 0 Å². The maximum atomic E-state index is 13.3. The summed E-state index contributed by atoms with van der Waals surface area (Å²) in [4.78, 5) is 0. The van der Waals surface area contributed by atoms with Crippen LogP contribution in [-0.4, -0.2) is 18.1 Å². The lowest BCUT2D eigenvalue weighted by Gasteiger charge is -2.13. The van der Waals surface area contributed by atoms with Gasteiger partial charge in [0.05, 0.1) is 7.11 Å². The van der Waals surface area contributed by atoms with E-state index >= 15 is 0 Å². The largest absolute Gasteiger partial charge is 0.496 e. The van der Waals surface area contributed by atoms with Crippen molar-refractivity contribution in [1.29, 1.82) is 0 Å². The number of hydrogen-bond donors (Lipinski definition) is 1. The fraction of sp³-hybridized carbons (Fsp3) is 0.400. The van der Waals surface area contributed by atoms with Crippen molar-refractivity contribution < 1.29 is 18.6 Å². The summed E-state index contributed by atoms with van der Waals surface area (Å²) in [7, 11) is 1.44. The second-order valence-corrected chi connectivity index (χ2v) is 4.64. The Balaban J connectivity index is 2.61. The molecule has 1 aliphatic carbocycles. The normalized spacial score (nSPS) is 22.6. The van der Waals surface area contributed by atoms with Gasteiger partial charge < -0.3 is 9.84 Å². The minimum atomic E-state index is -3.09. The van der Waals surface area contributed by atoms with Gasteiger partial charge in [-0.25, -0.2) is 8.78 Å². The minimum absolute atomic E-state index is 0.306. The van der Waals surface area contributed by atoms with Gasteiger partial charge >= 0.3 is 0 Å². The third-order valence-electron chi connectivity index (χ3n) is 2.57. The zero-order valence-corrected chi connectivity index (χ0v) is 10.1. The van der Waals surface area contributed by atoms with Gasteiger partial charge in [-0.2, -0.15) is 0 Å². The Kier molecular flexibility index (Phi) is 2.62. The van der Waals surface area contributed by atoms with Crippen molar-refractivity contribution in [3.63, 3.8) is 0 Å². The van der Waals surface area contributed by atoms with Crippen LogP contribution in [0.25, 0.3) is 0 Å². The van der Waals surface area contributed by atoms with Crippen molar-refractivity contribution in [3.8, 4) is 5.75 Å². The van der Waals surface area contributed by atoms with E-state index in [0.29, 0.717) is 20.4 Å². The molecule has 82 valence electrons. The Morgan fingerprint density at radius 1 is 1.53 bits per heavy atom. The highest BCUT2D eigenvalue weighted by molar-refractivity contribution is 14.1. The number of benzene rings is 1. The van der Waals surface area contributed by atoms with Crippen LogP contribution in [0.2, 0.25) is 0 Å². The number of aliphatic hydroxyl groups excluding tert-OH is 1. The summed E-state index contributed by atoms with van der Waals surface area (Å²) < 4.78 is 32.3. The summed E-state index contributed by atoms with van der Waals surface area (Å²) in [6, 6.07) is 3.32. The Morgan fingerprint density at radius 2 is 2.20 bits per heavy atom. The smallest absolute Gasteiger partial charge is 0.281 e. The molecule has 15 heavy (non-hydrogen) atoms. The zero-order chi connectivity index (χ0) is 11.2. The Morgan fingerprint density at radius 3 is 2.80 bits per heavy atom. The first kappa shape index (κ1) is 11.1. The van der Waals surface area contributed by atoms with Gasteiger partial charge in [-0.1, -0.05) is 0 Å². The highest BCUT2D eigenvalue weighted by atomic mass is 127. The van der Waals surface area contributed by atoms with Crippen molar-refractivity contribution in [1.82, 2.24) is 0 Å². The molecule has 1 aromatic rings. The molecule has 0 saturated heterocycles. The maximum Gasteiger partial charge on any atom is 0.281 e. The first-order valence-corrected chi connectivity index (χ1v) is 5.46. The molecule has 5 heteroatoms. The molecule has 1 atom stereocenters. The van der Waals surface area contributed by atoms with E-state index in [9.17, 15) is 13.9 Å². The van der Waals surface area contributed by atoms with Crippen molar-refractivity contribution in [2.24, 2.45) is 0 Å². The monoisotopic (exact) mass is 326 g/mol. The molecule has 2 nitrogen and oxygen atoms in total. The van der Waals surface area contributed by atoms with E-state index in [4.69, 9.17) is 4.74 Å². The van der Waals surface area contributed by atoms with Crippen LogP contribution in [0.5, 0.6) is 5.75 Å². The fourth-order valence-electron chi connectivity index (χ4n) is 1.83. The van der Waals surface area contributed by atoms with E-state index < -0.39 is 18.4 Å². The summed E-state index contributed by atoms with van der Waals surface area (Å²) in [5.41, 5.74) is 0.724. The summed E-state index contributed by atoms with van der Waals surface area (Å²) >= 11 is 1.94. The molecule has 0 amide bonds. The molecular formula is C10H9F2IO2. The predicted molar refractivity (Wildman–Crippen MR) is 59.3 cm³/mol. The SMILES string of the molecule is COc1ccc(I)c2c1CC(F)(F)C2O. The van der Waals surface area contributed by atoms with Gasteiger partial charge in [0.15, 0.2) is 0 Å². The number of alkyl halides is 2. The number of rotatable bonds is 1. The molecule has 0 saturated carbocycles. The number of halogens is 3. The van der Waals surface area contributed by atoms with Gasteiger partial charge in [-0.15, -0.1) is 0 Å². The second kappa shape index (κ2) is 3.55. The average molecular weight is 326 g/mol. The van der Waals surface area contributed by atoms with Gasteiger partial charge in [0.25, 0.3) is 5.92 Å². The summed E-state index contributed by atoms with van der Waals surface area (Å²) in [5.74, 6) is -2.67. The van der Waals surface area contributed by atoms with E-state index in [1.165, 1.54) is 7.11 Å². The summed E-state index contributed by atoms with van der Waals surface area (Å²) in [6.07, 6.45) is -2.17. The lowest BCUT2D eigenvalue weighted by molar-refractivity contribution is -0.0971. The van der Waals surface area contributed by atoms with Crippen LogP contribution in [0.4, 0.5) is 8.78 Å². The van der Waals surface area contributed by atoms with Gasteiger partial charge in [0.2, 0.25) is 0 Å². The molecule has 1 N–H and O–H groups in total. The zero-order valence-electron chi connectivity index (χ0n) is 7.93. The third kappa shape index (κ3) is 1.61. The molecule has 1 aliphatic rings. The number of fused-ring (bicyclic) bond motifs is 1. The van der Waals surface area contributed by atoms with Crippen LogP contribution < -0.4 is 4.74 Å². The molecule has 0 heterocycles. The molecule has 2 rings (SSSR count). The van der Waals surface area contributed by atoms with E-state index in [1.54, 1.807) is 12.1 Å². The van der Waals surface area contributed by atoms with Gasteiger partial charge in [-0.05, 0) is 34.7 Å². The molecule has 0 radical (unpaired) electrons. The number of aliphatic hydroxyl groups is 1. The molecule has 1 unspecified atom stereocenters. The lowest BCUT2D eigenvalue weighted by atomic mass is 10.1. The van der Waals surface area contributed by atoms with Crippen molar-refractivity contribution in [3.05, 3.63) is 26.8 Å². The second-order valence-electron chi connectivity index (χ2n) is 3.48. The van der Waals surface area contributed by atoms with Crippen LogP contribution in [0.15, 0.2) is 12.1 Å². The van der Waals surface area contributed by atoms with Crippen LogP contribution >= 0.6 is 22.6 Å². The van der Waals surface area contributed by atoms with E-state index in [1.807, 2.05) is 22.6 Å². The van der Waals surface area contributed by atoms with E-state index in [0.717, 1.165) is 0 Å². The highest BCUT2D eigenvalue weighted by Gasteiger charge is 2.48. The van der Waals surface area contributed by atoms with Crippen molar-refractivity contribution in [2.75, 3.05) is 7.11 Å². The number of ether oxygens (including phenoxy) is 1. The van der Waals surface area contributed by atoms with Crippen LogP contribution in [0, 0.1) is 3.57 Å². The quantitative estimate of drug-likeness (QED) is 0.804. The topological polar surface area (TPSA) is 29.5 Å². The summed E-state index contributed by atoms with van der Waals surface area (Å²) in [6.45, 7) is 0. The fourth-order valence-corrected chi connectivity index (χ4v) is 2.63. The lowest BCUT2D eigenvalue weighted by Crippen LogP contribution is -2.21. The first-order chi connectivity index (χ1) is 6.97. The van der Waals surface area contributed by atoms with Crippen LogP contribution in [0.3, 0.4) is 0 Å². The van der Waals surface area contributed by atoms with Gasteiger partial charge in [0, 0.05) is 21.1 Å². The predicted octanol–water partition coefficient (Wildman–Crippen LogP) is 2.52. The van der Waals surface area contributed by atoms with Crippen molar-refractivity contribution in [2.45, 2.75) is 18.4 Å². The van der Waals surface area contributed by atoms with Crippen molar-refractivity contribution >= 4 is 22.6 Å². The molecular weight excluding hydrogens is 317 g/mol. The van der Waals surface area contributed by atoms with Crippen LogP contribution in [-0.2, 0) is 6.42 Å². The number of methoxy groups -OCH3 is 1. The molecule has 0 bridgehead atoms. The van der Waals surface area contributed by atoms with E-state index in [-0.39, 0.29) is 0 Å². The Hall–Kier alpha value is -0.430. The first-order valence-electron chi connectivity index (χ1n) is 4.38. The van der Waals surface area contributed by atoms with Gasteiger partial charge in [0.1, 0.15) is 11.9 Å². The maximum absolute atomic E-state index is 13.3. The molecule has 1 aromatic carbocycles. The third-order valence-corrected chi connectivity index (χ3v) is 3.51. The summed E-state index contributed by atoms with van der Waals surface area (Å²) in [5, 5.41) is 9.50. The highest BCUT2D eigenvalue weighted by Crippen LogP contribution is 2.47. The molecule has 0 spiro atoms. The number of hydrogen-bond acceptors (Lipinski definition) is 2. The molecule has 0 aromatic heterocycles. The van der Waals surface area contributed by atoms with E-state index in [2.05, 4.69) is 0 Å². The standard InChI is InChI=1S/C10H9F2IO2/c1-15-7-3-2-6(13)8-5(7)4-10(11,12)9(8)14/h2-3,9,14H,4H2,1H3.